The van der Waals surface area contributed by atoms with Gasteiger partial charge in [-0.25, -0.2) is 9.18 Å². The zero-order valence-electron chi connectivity index (χ0n) is 12.7. The van der Waals surface area contributed by atoms with Gasteiger partial charge in [0.25, 0.3) is 0 Å². The van der Waals surface area contributed by atoms with Crippen LogP contribution >= 0.6 is 15.9 Å². The molecule has 1 aromatic rings. The minimum Gasteiger partial charge on any atom is -0.444 e. The third-order valence-electron chi connectivity index (χ3n) is 3.24. The van der Waals surface area contributed by atoms with Gasteiger partial charge in [0.1, 0.15) is 11.4 Å². The van der Waals surface area contributed by atoms with Crippen molar-refractivity contribution in [1.29, 1.82) is 0 Å². The molecule has 0 aliphatic heterocycles. The van der Waals surface area contributed by atoms with Crippen LogP contribution in [0.5, 0.6) is 0 Å². The van der Waals surface area contributed by atoms with Gasteiger partial charge >= 0.3 is 6.09 Å². The molecule has 0 N–H and O–H groups in total. The molecular formula is C16H21BrFNO2. The van der Waals surface area contributed by atoms with Gasteiger partial charge in [-0.3, -0.25) is 0 Å². The summed E-state index contributed by atoms with van der Waals surface area (Å²) in [6.07, 6.45) is 2.39. The Morgan fingerprint density at radius 1 is 1.43 bits per heavy atom. The largest absolute Gasteiger partial charge is 0.444 e. The lowest BCUT2D eigenvalue weighted by Gasteiger charge is -2.27. The number of benzene rings is 1. The average molecular weight is 358 g/mol. The number of rotatable bonds is 4. The first-order chi connectivity index (χ1) is 9.76. The normalized spacial score (nSPS) is 14.9. The highest BCUT2D eigenvalue weighted by Crippen LogP contribution is 2.28. The van der Waals surface area contributed by atoms with E-state index in [-0.39, 0.29) is 18.0 Å². The van der Waals surface area contributed by atoms with Gasteiger partial charge < -0.3 is 9.64 Å². The number of hydrogen-bond acceptors (Lipinski definition) is 2. The minimum atomic E-state index is -0.492. The van der Waals surface area contributed by atoms with Crippen LogP contribution in [0.15, 0.2) is 22.7 Å². The molecule has 1 aliphatic rings. The first kappa shape index (κ1) is 16.3. The molecule has 116 valence electrons. The Bertz CT molecular complexity index is 523. The molecule has 1 saturated carbocycles. The summed E-state index contributed by atoms with van der Waals surface area (Å²) in [4.78, 5) is 14.0. The first-order valence-electron chi connectivity index (χ1n) is 7.20. The van der Waals surface area contributed by atoms with Crippen molar-refractivity contribution < 1.29 is 13.9 Å². The fourth-order valence-electron chi connectivity index (χ4n) is 2.07. The summed E-state index contributed by atoms with van der Waals surface area (Å²) in [5.41, 5.74) is 0.387. The van der Waals surface area contributed by atoms with Crippen LogP contribution in [0.25, 0.3) is 0 Å². The van der Waals surface area contributed by atoms with Gasteiger partial charge in [0.15, 0.2) is 0 Å². The van der Waals surface area contributed by atoms with Crippen molar-refractivity contribution in [3.63, 3.8) is 0 Å². The fraction of sp³-hybridized carbons (Fsp3) is 0.562. The van der Waals surface area contributed by atoms with Crippen LogP contribution < -0.4 is 0 Å². The molecule has 0 spiro atoms. The lowest BCUT2D eigenvalue weighted by atomic mass is 10.1. The number of carbonyl (C=O) groups is 1. The van der Waals surface area contributed by atoms with Gasteiger partial charge in [-0.2, -0.15) is 0 Å². The molecule has 0 radical (unpaired) electrons. The number of nitrogens with zero attached hydrogens (tertiary/aromatic N) is 1. The maximum atomic E-state index is 13.5. The van der Waals surface area contributed by atoms with Gasteiger partial charge in [0, 0.05) is 12.6 Å². The number of hydrogen-bond donors (Lipinski definition) is 0. The second-order valence-corrected chi connectivity index (χ2v) is 7.26. The Morgan fingerprint density at radius 2 is 2.10 bits per heavy atom. The van der Waals surface area contributed by atoms with Crippen LogP contribution in [0.1, 0.15) is 39.2 Å². The molecule has 1 fully saturated rings. The number of carbonyl (C=O) groups excluding carboxylic acids is 1. The summed E-state index contributed by atoms with van der Waals surface area (Å²) in [6.45, 7) is 6.14. The molecule has 0 aromatic heterocycles. The predicted octanol–water partition coefficient (Wildman–Crippen LogP) is 4.53. The Hall–Kier alpha value is -1.10. The van der Waals surface area contributed by atoms with Crippen LogP contribution in [0.2, 0.25) is 0 Å². The molecule has 1 aromatic carbocycles. The maximum Gasteiger partial charge on any atom is 0.410 e. The zero-order chi connectivity index (χ0) is 15.6. The number of halogens is 2. The van der Waals surface area contributed by atoms with E-state index in [9.17, 15) is 9.18 Å². The summed E-state index contributed by atoms with van der Waals surface area (Å²) in [5, 5.41) is 0. The average Bonchev–Trinajstić information content (AvgIpc) is 3.16. The molecule has 21 heavy (non-hydrogen) atoms. The Labute approximate surface area is 133 Å². The smallest absolute Gasteiger partial charge is 0.410 e. The predicted molar refractivity (Wildman–Crippen MR) is 83.8 cm³/mol. The highest BCUT2D eigenvalue weighted by Gasteiger charge is 2.34. The fourth-order valence-corrected chi connectivity index (χ4v) is 2.32. The molecule has 0 saturated heterocycles. The first-order valence-corrected chi connectivity index (χ1v) is 7.99. The quantitative estimate of drug-likeness (QED) is 0.792. The molecule has 0 atom stereocenters. The molecule has 2 rings (SSSR count). The van der Waals surface area contributed by atoms with E-state index in [2.05, 4.69) is 15.9 Å². The van der Waals surface area contributed by atoms with Crippen molar-refractivity contribution in [3.05, 3.63) is 34.1 Å². The van der Waals surface area contributed by atoms with E-state index in [0.717, 1.165) is 18.4 Å². The highest BCUT2D eigenvalue weighted by atomic mass is 79.9. The second kappa shape index (κ2) is 6.34. The van der Waals surface area contributed by atoms with Crippen molar-refractivity contribution in [2.45, 2.75) is 51.7 Å². The summed E-state index contributed by atoms with van der Waals surface area (Å²) in [7, 11) is 0. The van der Waals surface area contributed by atoms with Crippen LogP contribution in [0, 0.1) is 5.82 Å². The highest BCUT2D eigenvalue weighted by molar-refractivity contribution is 9.10. The van der Waals surface area contributed by atoms with Gasteiger partial charge in [-0.15, -0.1) is 0 Å². The molecule has 0 bridgehead atoms. The van der Waals surface area contributed by atoms with Crippen LogP contribution in [0.3, 0.4) is 0 Å². The van der Waals surface area contributed by atoms with Gasteiger partial charge in [0.2, 0.25) is 0 Å². The monoisotopic (exact) mass is 357 g/mol. The summed E-state index contributed by atoms with van der Waals surface area (Å²) < 4.78 is 19.4. The number of amides is 1. The van der Waals surface area contributed by atoms with E-state index < -0.39 is 5.60 Å². The third kappa shape index (κ3) is 4.99. The van der Waals surface area contributed by atoms with Crippen LogP contribution in [0.4, 0.5) is 9.18 Å². The Balaban J connectivity index is 1.97. The SMILES string of the molecule is CC(C)(C)OC(=O)N(CCc1ccc(Br)c(F)c1)C1CC1. The van der Waals surface area contributed by atoms with E-state index in [1.54, 1.807) is 11.0 Å². The van der Waals surface area contributed by atoms with Crippen molar-refractivity contribution in [2.75, 3.05) is 6.54 Å². The van der Waals surface area contributed by atoms with Gasteiger partial charge in [-0.05, 0) is 73.7 Å². The molecule has 1 amide bonds. The number of ether oxygens (including phenoxy) is 1. The van der Waals surface area contributed by atoms with E-state index in [1.807, 2.05) is 26.8 Å². The lowest BCUT2D eigenvalue weighted by Crippen LogP contribution is -2.39. The van der Waals surface area contributed by atoms with Gasteiger partial charge in [0.05, 0.1) is 4.47 Å². The van der Waals surface area contributed by atoms with Crippen molar-refractivity contribution in [3.8, 4) is 0 Å². The molecule has 0 unspecified atom stereocenters. The molecular weight excluding hydrogens is 337 g/mol. The second-order valence-electron chi connectivity index (χ2n) is 6.40. The zero-order valence-corrected chi connectivity index (χ0v) is 14.2. The van der Waals surface area contributed by atoms with E-state index in [4.69, 9.17) is 4.74 Å². The summed E-state index contributed by atoms with van der Waals surface area (Å²) in [6, 6.07) is 5.34. The molecule has 1 aliphatic carbocycles. The lowest BCUT2D eigenvalue weighted by molar-refractivity contribution is 0.0236. The van der Waals surface area contributed by atoms with E-state index in [1.165, 1.54) is 6.07 Å². The minimum absolute atomic E-state index is 0.275. The van der Waals surface area contributed by atoms with Crippen LogP contribution in [-0.2, 0) is 11.2 Å². The third-order valence-corrected chi connectivity index (χ3v) is 3.88. The van der Waals surface area contributed by atoms with Crippen molar-refractivity contribution in [1.82, 2.24) is 4.90 Å². The van der Waals surface area contributed by atoms with Crippen molar-refractivity contribution in [2.24, 2.45) is 0 Å². The molecule has 0 heterocycles. The summed E-state index contributed by atoms with van der Waals surface area (Å²) in [5.74, 6) is -0.275. The summed E-state index contributed by atoms with van der Waals surface area (Å²) >= 11 is 3.14. The molecule has 3 nitrogen and oxygen atoms in total. The van der Waals surface area contributed by atoms with E-state index in [0.29, 0.717) is 17.4 Å². The topological polar surface area (TPSA) is 29.5 Å². The van der Waals surface area contributed by atoms with Gasteiger partial charge in [-0.1, -0.05) is 6.07 Å². The standard InChI is InChI=1S/C16H21BrFNO2/c1-16(2,3)21-15(20)19(12-5-6-12)9-8-11-4-7-13(17)14(18)10-11/h4,7,10,12H,5-6,8-9H2,1-3H3. The Kier molecular flexibility index (Phi) is 4.91. The Morgan fingerprint density at radius 3 is 2.62 bits per heavy atom. The van der Waals surface area contributed by atoms with Crippen molar-refractivity contribution >= 4 is 22.0 Å². The van der Waals surface area contributed by atoms with E-state index >= 15 is 0 Å². The molecule has 5 heteroatoms. The maximum absolute atomic E-state index is 13.5. The van der Waals surface area contributed by atoms with Crippen LogP contribution in [-0.4, -0.2) is 29.2 Å².